The molecule has 0 saturated carbocycles. The van der Waals surface area contributed by atoms with E-state index >= 15 is 0 Å². The number of carbonyl (C=O) groups is 1. The van der Waals surface area contributed by atoms with Crippen LogP contribution in [0.1, 0.15) is 10.5 Å². The fourth-order valence-corrected chi connectivity index (χ4v) is 0.670. The Kier molecular flexibility index (Phi) is 1.62. The van der Waals surface area contributed by atoms with Gasteiger partial charge in [0.2, 0.25) is 3.79 Å². The largest absolute Gasteiger partial charge is 0.285 e. The third kappa shape index (κ3) is 1.06. The van der Waals surface area contributed by atoms with Crippen LogP contribution in [0.2, 0.25) is 0 Å². The van der Waals surface area contributed by atoms with E-state index in [1.165, 1.54) is 0 Å². The summed E-state index contributed by atoms with van der Waals surface area (Å²) in [5, 5.41) is 6.17. The number of halogens is 1. The Balaban J connectivity index is 2.93. The monoisotopic (exact) mass is 222 g/mol. The molecule has 0 aliphatic carbocycles. The van der Waals surface area contributed by atoms with Crippen LogP contribution in [0.25, 0.3) is 0 Å². The molecule has 3 nitrogen and oxygen atoms in total. The summed E-state index contributed by atoms with van der Waals surface area (Å²) in [5.41, 5.74) is 0.477. The zero-order valence-corrected chi connectivity index (χ0v) is 6.05. The number of aromatic nitrogens is 2. The number of rotatable bonds is 1. The molecule has 0 atom stereocenters. The smallest absolute Gasteiger partial charge is 0.242 e. The average molecular weight is 222 g/mol. The Hall–Kier alpha value is -0.390. The minimum Gasteiger partial charge on any atom is -0.285 e. The molecule has 1 N–H and O–H groups in total. The molecule has 0 spiro atoms. The third-order valence-corrected chi connectivity index (χ3v) is 1.25. The zero-order chi connectivity index (χ0) is 5.98. The van der Waals surface area contributed by atoms with Crippen LogP contribution in [-0.4, -0.2) is 14.0 Å². The van der Waals surface area contributed by atoms with Crippen molar-refractivity contribution >= 4 is 26.4 Å². The molecule has 0 aliphatic rings. The van der Waals surface area contributed by atoms with E-state index in [4.69, 9.17) is 0 Å². The second-order valence-corrected chi connectivity index (χ2v) is 2.21. The standard InChI is InChI=1S/C4H3IN2O/c5-4(8)3-1-2-6-7-3/h1-2H,(H,6,7). The summed E-state index contributed by atoms with van der Waals surface area (Å²) in [6.07, 6.45) is 1.62. The first-order valence-electron chi connectivity index (χ1n) is 2.00. The number of hydrogen-bond donors (Lipinski definition) is 1. The van der Waals surface area contributed by atoms with Gasteiger partial charge in [-0.1, -0.05) is 0 Å². The summed E-state index contributed by atoms with van der Waals surface area (Å²) < 4.78 is -0.0381. The number of H-pyrrole nitrogens is 1. The lowest BCUT2D eigenvalue weighted by atomic mass is 10.5. The molecular formula is C4H3IN2O. The molecule has 0 aromatic carbocycles. The highest BCUT2D eigenvalue weighted by atomic mass is 127. The predicted molar refractivity (Wildman–Crippen MR) is 36.9 cm³/mol. The lowest BCUT2D eigenvalue weighted by molar-refractivity contribution is 0.110. The summed E-state index contributed by atoms with van der Waals surface area (Å²) in [6, 6.07) is 1.63. The molecule has 42 valence electrons. The quantitative estimate of drug-likeness (QED) is 0.568. The van der Waals surface area contributed by atoms with Crippen LogP contribution in [-0.2, 0) is 0 Å². The number of nitrogens with one attached hydrogen (secondary N) is 1. The fraction of sp³-hybridized carbons (Fsp3) is 0. The van der Waals surface area contributed by atoms with E-state index < -0.39 is 0 Å². The molecule has 0 unspecified atom stereocenters. The highest BCUT2D eigenvalue weighted by molar-refractivity contribution is 14.1. The summed E-state index contributed by atoms with van der Waals surface area (Å²) in [6.45, 7) is 0. The minimum absolute atomic E-state index is 0.0381. The predicted octanol–water partition coefficient (Wildman–Crippen LogP) is 0.985. The van der Waals surface area contributed by atoms with E-state index in [1.807, 2.05) is 0 Å². The van der Waals surface area contributed by atoms with Crippen molar-refractivity contribution in [3.63, 3.8) is 0 Å². The van der Waals surface area contributed by atoms with Crippen LogP contribution >= 0.6 is 22.6 Å². The molecule has 1 rings (SSSR count). The van der Waals surface area contributed by atoms with Crippen LogP contribution in [0.5, 0.6) is 0 Å². The summed E-state index contributed by atoms with van der Waals surface area (Å²) in [4.78, 5) is 10.4. The number of aromatic amines is 1. The highest BCUT2D eigenvalue weighted by Gasteiger charge is 1.99. The molecule has 1 aromatic rings. The van der Waals surface area contributed by atoms with Crippen molar-refractivity contribution in [2.75, 3.05) is 0 Å². The first-order valence-corrected chi connectivity index (χ1v) is 3.08. The second kappa shape index (κ2) is 2.25. The molecule has 4 heteroatoms. The summed E-state index contributed by atoms with van der Waals surface area (Å²) >= 11 is 1.68. The van der Waals surface area contributed by atoms with Crippen molar-refractivity contribution in [2.24, 2.45) is 0 Å². The van der Waals surface area contributed by atoms with E-state index in [9.17, 15) is 4.79 Å². The van der Waals surface area contributed by atoms with Crippen LogP contribution in [0.4, 0.5) is 0 Å². The summed E-state index contributed by atoms with van der Waals surface area (Å²) in [7, 11) is 0. The van der Waals surface area contributed by atoms with Gasteiger partial charge in [-0.15, -0.1) is 0 Å². The van der Waals surface area contributed by atoms with Crippen LogP contribution in [0.15, 0.2) is 12.3 Å². The van der Waals surface area contributed by atoms with Crippen molar-refractivity contribution in [3.8, 4) is 0 Å². The molecular weight excluding hydrogens is 219 g/mol. The fourth-order valence-electron chi connectivity index (χ4n) is 0.370. The topological polar surface area (TPSA) is 45.8 Å². The lowest BCUT2D eigenvalue weighted by Gasteiger charge is -1.75. The maximum atomic E-state index is 10.4. The van der Waals surface area contributed by atoms with Gasteiger partial charge in [-0.05, 0) is 6.07 Å². The minimum atomic E-state index is -0.0381. The van der Waals surface area contributed by atoms with Crippen molar-refractivity contribution in [1.82, 2.24) is 10.2 Å². The van der Waals surface area contributed by atoms with Gasteiger partial charge < -0.3 is 0 Å². The van der Waals surface area contributed by atoms with Gasteiger partial charge in [0.25, 0.3) is 0 Å². The van der Waals surface area contributed by atoms with Gasteiger partial charge in [-0.2, -0.15) is 5.10 Å². The third-order valence-electron chi connectivity index (χ3n) is 0.702. The Morgan fingerprint density at radius 2 is 2.62 bits per heavy atom. The van der Waals surface area contributed by atoms with Gasteiger partial charge in [-0.25, -0.2) is 0 Å². The number of nitrogens with zero attached hydrogens (tertiary/aromatic N) is 1. The van der Waals surface area contributed by atoms with Gasteiger partial charge in [0.1, 0.15) is 5.69 Å². The average Bonchev–Trinajstić information content (AvgIpc) is 2.12. The number of hydrogen-bond acceptors (Lipinski definition) is 2. The molecule has 0 radical (unpaired) electrons. The van der Waals surface area contributed by atoms with Gasteiger partial charge in [0.05, 0.1) is 0 Å². The van der Waals surface area contributed by atoms with Gasteiger partial charge in [0, 0.05) is 28.8 Å². The molecule has 0 fully saturated rings. The molecule has 1 heterocycles. The molecule has 0 bridgehead atoms. The maximum Gasteiger partial charge on any atom is 0.242 e. The van der Waals surface area contributed by atoms with E-state index in [2.05, 4.69) is 10.2 Å². The zero-order valence-electron chi connectivity index (χ0n) is 3.89. The van der Waals surface area contributed by atoms with Gasteiger partial charge in [0.15, 0.2) is 0 Å². The van der Waals surface area contributed by atoms with Crippen LogP contribution < -0.4 is 0 Å². The Morgan fingerprint density at radius 3 is 2.88 bits per heavy atom. The van der Waals surface area contributed by atoms with E-state index in [-0.39, 0.29) is 3.79 Å². The molecule has 8 heavy (non-hydrogen) atoms. The summed E-state index contributed by atoms with van der Waals surface area (Å²) in [5.74, 6) is 0. The molecule has 0 aliphatic heterocycles. The van der Waals surface area contributed by atoms with E-state index in [1.54, 1.807) is 34.9 Å². The van der Waals surface area contributed by atoms with E-state index in [0.717, 1.165) is 0 Å². The van der Waals surface area contributed by atoms with Crippen molar-refractivity contribution in [3.05, 3.63) is 18.0 Å². The van der Waals surface area contributed by atoms with Crippen LogP contribution in [0, 0.1) is 0 Å². The van der Waals surface area contributed by atoms with Crippen molar-refractivity contribution in [1.29, 1.82) is 0 Å². The number of carbonyl (C=O) groups excluding carboxylic acids is 1. The van der Waals surface area contributed by atoms with Crippen molar-refractivity contribution < 1.29 is 4.79 Å². The lowest BCUT2D eigenvalue weighted by Crippen LogP contribution is -1.85. The Morgan fingerprint density at radius 1 is 1.88 bits per heavy atom. The van der Waals surface area contributed by atoms with Gasteiger partial charge in [-0.3, -0.25) is 9.89 Å². The SMILES string of the molecule is O=C(I)c1cc[nH]n1. The molecule has 0 amide bonds. The Labute approximate surface area is 59.6 Å². The molecule has 0 saturated heterocycles. The van der Waals surface area contributed by atoms with Crippen molar-refractivity contribution in [2.45, 2.75) is 0 Å². The maximum absolute atomic E-state index is 10.4. The normalized spacial score (nSPS) is 9.12. The second-order valence-electron chi connectivity index (χ2n) is 1.23. The van der Waals surface area contributed by atoms with E-state index in [0.29, 0.717) is 5.69 Å². The van der Waals surface area contributed by atoms with Gasteiger partial charge >= 0.3 is 0 Å². The van der Waals surface area contributed by atoms with Crippen LogP contribution in [0.3, 0.4) is 0 Å². The first kappa shape index (κ1) is 5.74. The molecule has 1 aromatic heterocycles. The first-order chi connectivity index (χ1) is 3.80. The Bertz CT molecular complexity index is 182. The highest BCUT2D eigenvalue weighted by Crippen LogP contribution is 1.98.